The minimum absolute atomic E-state index is 0.545. The number of fused-ring (bicyclic) bond motifs is 2. The molecule has 0 aromatic heterocycles. The average Bonchev–Trinajstić information content (AvgIpc) is 2.45. The first kappa shape index (κ1) is 7.56. The van der Waals surface area contributed by atoms with Crippen molar-refractivity contribution in [2.45, 2.75) is 31.8 Å². The molecule has 3 atom stereocenters. The normalized spacial score (nSPS) is 42.3. The second kappa shape index (κ2) is 2.76. The van der Waals surface area contributed by atoms with Gasteiger partial charge in [0.05, 0.1) is 6.10 Å². The molecule has 2 rings (SSSR count). The summed E-state index contributed by atoms with van der Waals surface area (Å²) in [4.78, 5) is 5.68. The van der Waals surface area contributed by atoms with Gasteiger partial charge in [-0.3, -0.25) is 4.84 Å². The Morgan fingerprint density at radius 2 is 2.00 bits per heavy atom. The summed E-state index contributed by atoms with van der Waals surface area (Å²) in [6.07, 6.45) is 6.14. The van der Waals surface area contributed by atoms with E-state index in [2.05, 4.69) is 0 Å². The van der Waals surface area contributed by atoms with Gasteiger partial charge in [-0.25, -0.2) is 0 Å². The molecule has 0 amide bonds. The van der Waals surface area contributed by atoms with Crippen LogP contribution in [0.3, 0.4) is 0 Å². The zero-order valence-corrected chi connectivity index (χ0v) is 7.42. The van der Waals surface area contributed by atoms with Crippen LogP contribution in [0.25, 0.3) is 0 Å². The van der Waals surface area contributed by atoms with Gasteiger partial charge in [0, 0.05) is 14.1 Å². The highest BCUT2D eigenvalue weighted by atomic mass is 16.7. The minimum Gasteiger partial charge on any atom is -0.296 e. The molecule has 0 spiro atoms. The van der Waals surface area contributed by atoms with Gasteiger partial charge in [-0.2, -0.15) is 5.06 Å². The molecule has 0 aromatic rings. The molecule has 0 unspecified atom stereocenters. The minimum atomic E-state index is 0.545. The van der Waals surface area contributed by atoms with Crippen molar-refractivity contribution < 1.29 is 4.84 Å². The second-order valence-corrected chi connectivity index (χ2v) is 4.13. The summed E-state index contributed by atoms with van der Waals surface area (Å²) in [6, 6.07) is 0. The van der Waals surface area contributed by atoms with Gasteiger partial charge in [0.1, 0.15) is 0 Å². The molecule has 11 heavy (non-hydrogen) atoms. The van der Waals surface area contributed by atoms with Crippen molar-refractivity contribution in [2.24, 2.45) is 11.8 Å². The van der Waals surface area contributed by atoms with Crippen LogP contribution in [-0.4, -0.2) is 25.3 Å². The van der Waals surface area contributed by atoms with Crippen molar-refractivity contribution in [3.05, 3.63) is 0 Å². The van der Waals surface area contributed by atoms with Crippen molar-refractivity contribution in [3.63, 3.8) is 0 Å². The summed E-state index contributed by atoms with van der Waals surface area (Å²) < 4.78 is 0. The SMILES string of the molecule is CN(C)O[C@@H]1C[C@@H]2CC[C@@H]1C2. The van der Waals surface area contributed by atoms with Gasteiger partial charge >= 0.3 is 0 Å². The van der Waals surface area contributed by atoms with Gasteiger partial charge in [-0.15, -0.1) is 0 Å². The average molecular weight is 155 g/mol. The third kappa shape index (κ3) is 1.42. The van der Waals surface area contributed by atoms with Gasteiger partial charge in [0.2, 0.25) is 0 Å². The zero-order valence-electron chi connectivity index (χ0n) is 7.42. The van der Waals surface area contributed by atoms with Crippen molar-refractivity contribution in [2.75, 3.05) is 14.1 Å². The van der Waals surface area contributed by atoms with Crippen LogP contribution < -0.4 is 0 Å². The zero-order chi connectivity index (χ0) is 7.84. The summed E-state index contributed by atoms with van der Waals surface area (Å²) >= 11 is 0. The first-order chi connectivity index (χ1) is 5.25. The van der Waals surface area contributed by atoms with E-state index in [-0.39, 0.29) is 0 Å². The van der Waals surface area contributed by atoms with E-state index in [9.17, 15) is 0 Å². The quantitative estimate of drug-likeness (QED) is 0.562. The molecule has 0 saturated heterocycles. The van der Waals surface area contributed by atoms with E-state index in [1.807, 2.05) is 19.2 Å². The molecule has 2 aliphatic carbocycles. The van der Waals surface area contributed by atoms with Crippen LogP contribution in [-0.2, 0) is 4.84 Å². The van der Waals surface area contributed by atoms with E-state index < -0.39 is 0 Å². The highest BCUT2D eigenvalue weighted by Crippen LogP contribution is 2.45. The molecule has 2 heteroatoms. The molecule has 64 valence electrons. The summed E-state index contributed by atoms with van der Waals surface area (Å²) in [6.45, 7) is 0. The molecular formula is C9H17NO. The fraction of sp³-hybridized carbons (Fsp3) is 1.00. The molecule has 0 aromatic carbocycles. The molecule has 2 bridgehead atoms. The predicted molar refractivity (Wildman–Crippen MR) is 44.0 cm³/mol. The largest absolute Gasteiger partial charge is 0.296 e. The molecule has 0 radical (unpaired) electrons. The van der Waals surface area contributed by atoms with Gasteiger partial charge in [0.25, 0.3) is 0 Å². The van der Waals surface area contributed by atoms with Crippen LogP contribution in [0.15, 0.2) is 0 Å². The van der Waals surface area contributed by atoms with Crippen LogP contribution in [0, 0.1) is 11.8 Å². The summed E-state index contributed by atoms with van der Waals surface area (Å²) in [5.41, 5.74) is 0. The smallest absolute Gasteiger partial charge is 0.0823 e. The second-order valence-electron chi connectivity index (χ2n) is 4.13. The van der Waals surface area contributed by atoms with Crippen LogP contribution >= 0.6 is 0 Å². The highest BCUT2D eigenvalue weighted by Gasteiger charge is 2.40. The van der Waals surface area contributed by atoms with Crippen LogP contribution in [0.2, 0.25) is 0 Å². The fourth-order valence-corrected chi connectivity index (χ4v) is 2.59. The number of hydrogen-bond donors (Lipinski definition) is 0. The standard InChI is InChI=1S/C9H17NO/c1-10(2)11-9-6-7-3-4-8(9)5-7/h7-9H,3-6H2,1-2H3/t7-,8-,9-/m1/s1. The summed E-state index contributed by atoms with van der Waals surface area (Å²) in [5, 5.41) is 1.85. The lowest BCUT2D eigenvalue weighted by molar-refractivity contribution is -0.178. The fourth-order valence-electron chi connectivity index (χ4n) is 2.59. The molecule has 0 aliphatic heterocycles. The van der Waals surface area contributed by atoms with Crippen molar-refractivity contribution in [1.82, 2.24) is 5.06 Å². The van der Waals surface area contributed by atoms with Crippen molar-refractivity contribution in [3.8, 4) is 0 Å². The van der Waals surface area contributed by atoms with E-state index in [1.54, 1.807) is 0 Å². The lowest BCUT2D eigenvalue weighted by Gasteiger charge is -2.24. The third-order valence-electron chi connectivity index (χ3n) is 3.02. The Labute approximate surface area is 68.5 Å². The Morgan fingerprint density at radius 1 is 1.18 bits per heavy atom. The van der Waals surface area contributed by atoms with Crippen LogP contribution in [0.4, 0.5) is 0 Å². The van der Waals surface area contributed by atoms with E-state index in [0.29, 0.717) is 6.10 Å². The van der Waals surface area contributed by atoms with Gasteiger partial charge in [-0.1, -0.05) is 0 Å². The number of rotatable bonds is 2. The Morgan fingerprint density at radius 3 is 2.45 bits per heavy atom. The van der Waals surface area contributed by atoms with E-state index in [0.717, 1.165) is 11.8 Å². The van der Waals surface area contributed by atoms with Gasteiger partial charge in [0.15, 0.2) is 0 Å². The Hall–Kier alpha value is -0.0800. The summed E-state index contributed by atoms with van der Waals surface area (Å²) in [7, 11) is 3.96. The number of nitrogens with zero attached hydrogens (tertiary/aromatic N) is 1. The monoisotopic (exact) mass is 155 g/mol. The van der Waals surface area contributed by atoms with Crippen LogP contribution in [0.5, 0.6) is 0 Å². The molecule has 0 N–H and O–H groups in total. The van der Waals surface area contributed by atoms with Crippen molar-refractivity contribution in [1.29, 1.82) is 0 Å². The molecule has 2 nitrogen and oxygen atoms in total. The molecule has 2 fully saturated rings. The first-order valence-corrected chi connectivity index (χ1v) is 4.60. The first-order valence-electron chi connectivity index (χ1n) is 4.60. The molecular weight excluding hydrogens is 138 g/mol. The molecule has 0 heterocycles. The maximum absolute atomic E-state index is 5.68. The van der Waals surface area contributed by atoms with Gasteiger partial charge < -0.3 is 0 Å². The van der Waals surface area contributed by atoms with E-state index in [4.69, 9.17) is 4.84 Å². The Balaban J connectivity index is 1.87. The third-order valence-corrected chi connectivity index (χ3v) is 3.02. The topological polar surface area (TPSA) is 12.5 Å². The maximum atomic E-state index is 5.68. The van der Waals surface area contributed by atoms with Crippen LogP contribution in [0.1, 0.15) is 25.7 Å². The van der Waals surface area contributed by atoms with E-state index >= 15 is 0 Å². The number of hydroxylamine groups is 2. The predicted octanol–water partition coefficient (Wildman–Crippen LogP) is 1.67. The summed E-state index contributed by atoms with van der Waals surface area (Å²) in [5.74, 6) is 1.87. The lowest BCUT2D eigenvalue weighted by Crippen LogP contribution is -2.27. The Bertz CT molecular complexity index is 146. The number of hydrogen-bond acceptors (Lipinski definition) is 2. The van der Waals surface area contributed by atoms with E-state index in [1.165, 1.54) is 25.7 Å². The molecule has 2 aliphatic rings. The molecule has 2 saturated carbocycles. The van der Waals surface area contributed by atoms with Gasteiger partial charge in [-0.05, 0) is 37.5 Å². The lowest BCUT2D eigenvalue weighted by atomic mass is 9.98. The Kier molecular flexibility index (Phi) is 1.90. The maximum Gasteiger partial charge on any atom is 0.0823 e. The van der Waals surface area contributed by atoms with Crippen molar-refractivity contribution >= 4 is 0 Å². The highest BCUT2D eigenvalue weighted by molar-refractivity contribution is 4.90.